The monoisotopic (exact) mass is 249 g/mol. The Morgan fingerprint density at radius 2 is 1.81 bits per heavy atom. The number of aliphatic hydroxyl groups is 1. The Labute approximate surface area is 98.5 Å². The van der Waals surface area contributed by atoms with Gasteiger partial charge in [0.2, 0.25) is 10.0 Å². The van der Waals surface area contributed by atoms with Crippen molar-refractivity contribution in [1.29, 1.82) is 0 Å². The Morgan fingerprint density at radius 1 is 1.25 bits per heavy atom. The summed E-state index contributed by atoms with van der Waals surface area (Å²) in [4.78, 5) is 0. The van der Waals surface area contributed by atoms with Gasteiger partial charge in [0, 0.05) is 6.04 Å². The van der Waals surface area contributed by atoms with Crippen LogP contribution in [0, 0.1) is 5.41 Å². The number of rotatable bonds is 3. The van der Waals surface area contributed by atoms with Gasteiger partial charge in [0.1, 0.15) is 0 Å². The van der Waals surface area contributed by atoms with Crippen molar-refractivity contribution in [2.45, 2.75) is 58.6 Å². The molecule has 0 radical (unpaired) electrons. The molecular formula is C11H23NO3S. The summed E-state index contributed by atoms with van der Waals surface area (Å²) in [7, 11) is -3.28. The average molecular weight is 249 g/mol. The molecule has 0 aromatic rings. The zero-order chi connectivity index (χ0) is 12.4. The van der Waals surface area contributed by atoms with E-state index < -0.39 is 16.1 Å². The van der Waals surface area contributed by atoms with Gasteiger partial charge in [0.05, 0.1) is 11.9 Å². The molecule has 0 saturated heterocycles. The van der Waals surface area contributed by atoms with E-state index in [1.807, 2.05) is 20.8 Å². The fourth-order valence-electron chi connectivity index (χ4n) is 2.09. The second kappa shape index (κ2) is 5.02. The first-order valence-electron chi connectivity index (χ1n) is 5.88. The van der Waals surface area contributed by atoms with Gasteiger partial charge < -0.3 is 5.11 Å². The normalized spacial score (nSPS) is 28.0. The SMILES string of the molecule is CC(C)(C)CS(=O)(=O)N[C@@H]1CCCC[C@H]1O. The van der Waals surface area contributed by atoms with Crippen LogP contribution in [0.2, 0.25) is 0 Å². The summed E-state index contributed by atoms with van der Waals surface area (Å²) in [6.07, 6.45) is 2.88. The van der Waals surface area contributed by atoms with E-state index in [4.69, 9.17) is 0 Å². The van der Waals surface area contributed by atoms with Crippen LogP contribution in [-0.2, 0) is 10.0 Å². The number of nitrogens with one attached hydrogen (secondary N) is 1. The first kappa shape index (κ1) is 13.9. The van der Waals surface area contributed by atoms with Gasteiger partial charge in [0.25, 0.3) is 0 Å². The first-order chi connectivity index (χ1) is 7.20. The first-order valence-corrected chi connectivity index (χ1v) is 7.53. The van der Waals surface area contributed by atoms with Crippen molar-refractivity contribution < 1.29 is 13.5 Å². The molecule has 2 atom stereocenters. The van der Waals surface area contributed by atoms with Crippen molar-refractivity contribution in [3.05, 3.63) is 0 Å². The summed E-state index contributed by atoms with van der Waals surface area (Å²) in [6.45, 7) is 5.68. The van der Waals surface area contributed by atoms with Crippen LogP contribution in [0.1, 0.15) is 46.5 Å². The molecular weight excluding hydrogens is 226 g/mol. The molecule has 16 heavy (non-hydrogen) atoms. The lowest BCUT2D eigenvalue weighted by Gasteiger charge is -2.29. The van der Waals surface area contributed by atoms with Crippen molar-refractivity contribution >= 4 is 10.0 Å². The number of hydrogen-bond acceptors (Lipinski definition) is 3. The van der Waals surface area contributed by atoms with E-state index in [2.05, 4.69) is 4.72 Å². The highest BCUT2D eigenvalue weighted by Crippen LogP contribution is 2.21. The van der Waals surface area contributed by atoms with Crippen LogP contribution in [0.3, 0.4) is 0 Å². The third-order valence-corrected chi connectivity index (χ3v) is 4.59. The Bertz CT molecular complexity index is 319. The molecule has 0 aromatic heterocycles. The van der Waals surface area contributed by atoms with Gasteiger partial charge in [-0.15, -0.1) is 0 Å². The highest BCUT2D eigenvalue weighted by atomic mass is 32.2. The lowest BCUT2D eigenvalue weighted by atomic mass is 9.93. The van der Waals surface area contributed by atoms with Crippen LogP contribution >= 0.6 is 0 Å². The van der Waals surface area contributed by atoms with Gasteiger partial charge in [0.15, 0.2) is 0 Å². The van der Waals surface area contributed by atoms with Crippen LogP contribution in [0.15, 0.2) is 0 Å². The predicted octanol–water partition coefficient (Wildman–Crippen LogP) is 1.26. The van der Waals surface area contributed by atoms with Gasteiger partial charge in [-0.25, -0.2) is 13.1 Å². The quantitative estimate of drug-likeness (QED) is 0.791. The molecule has 0 bridgehead atoms. The number of hydrogen-bond donors (Lipinski definition) is 2. The summed E-state index contributed by atoms with van der Waals surface area (Å²) in [5.74, 6) is 0.100. The van der Waals surface area contributed by atoms with E-state index in [0.717, 1.165) is 19.3 Å². The van der Waals surface area contributed by atoms with Gasteiger partial charge in [-0.05, 0) is 18.3 Å². The van der Waals surface area contributed by atoms with Crippen molar-refractivity contribution in [2.24, 2.45) is 5.41 Å². The predicted molar refractivity (Wildman–Crippen MR) is 64.6 cm³/mol. The molecule has 96 valence electrons. The zero-order valence-electron chi connectivity index (χ0n) is 10.4. The standard InChI is InChI=1S/C11H23NO3S/c1-11(2,3)8-16(14,15)12-9-6-4-5-7-10(9)13/h9-10,12-13H,4-8H2,1-3H3/t9-,10-/m1/s1. The van der Waals surface area contributed by atoms with E-state index in [0.29, 0.717) is 6.42 Å². The molecule has 2 N–H and O–H groups in total. The Hall–Kier alpha value is -0.130. The molecule has 5 heteroatoms. The molecule has 0 unspecified atom stereocenters. The highest BCUT2D eigenvalue weighted by Gasteiger charge is 2.29. The molecule has 4 nitrogen and oxygen atoms in total. The Morgan fingerprint density at radius 3 is 2.31 bits per heavy atom. The van der Waals surface area contributed by atoms with Crippen molar-refractivity contribution in [2.75, 3.05) is 5.75 Å². The lowest BCUT2D eigenvalue weighted by Crippen LogP contribution is -2.47. The summed E-state index contributed by atoms with van der Waals surface area (Å²) in [5, 5.41) is 9.70. The molecule has 0 spiro atoms. The third kappa shape index (κ3) is 4.80. The molecule has 1 fully saturated rings. The smallest absolute Gasteiger partial charge is 0.212 e. The molecule has 0 heterocycles. The van der Waals surface area contributed by atoms with E-state index >= 15 is 0 Å². The van der Waals surface area contributed by atoms with Crippen LogP contribution in [0.4, 0.5) is 0 Å². The van der Waals surface area contributed by atoms with Crippen LogP contribution in [0.5, 0.6) is 0 Å². The molecule has 1 aliphatic carbocycles. The van der Waals surface area contributed by atoms with E-state index in [-0.39, 0.29) is 17.2 Å². The molecule has 0 aliphatic heterocycles. The molecule has 0 amide bonds. The van der Waals surface area contributed by atoms with E-state index in [1.165, 1.54) is 0 Å². The molecule has 1 rings (SSSR count). The second-order valence-electron chi connectivity index (χ2n) is 5.90. The van der Waals surface area contributed by atoms with Crippen LogP contribution in [0.25, 0.3) is 0 Å². The largest absolute Gasteiger partial charge is 0.391 e. The average Bonchev–Trinajstić information content (AvgIpc) is 2.04. The number of aliphatic hydroxyl groups excluding tert-OH is 1. The summed E-state index contributed by atoms with van der Waals surface area (Å²) >= 11 is 0. The summed E-state index contributed by atoms with van der Waals surface area (Å²) in [5.41, 5.74) is -0.258. The molecule has 0 aromatic carbocycles. The van der Waals surface area contributed by atoms with Gasteiger partial charge in [-0.1, -0.05) is 33.6 Å². The van der Waals surface area contributed by atoms with Gasteiger partial charge in [-0.3, -0.25) is 0 Å². The topological polar surface area (TPSA) is 66.4 Å². The summed E-state index contributed by atoms with van der Waals surface area (Å²) < 4.78 is 26.3. The molecule has 1 aliphatic rings. The number of sulfonamides is 1. The van der Waals surface area contributed by atoms with Crippen LogP contribution in [-0.4, -0.2) is 31.4 Å². The van der Waals surface area contributed by atoms with E-state index in [9.17, 15) is 13.5 Å². The maximum atomic E-state index is 11.8. The minimum absolute atomic E-state index is 0.100. The van der Waals surface area contributed by atoms with E-state index in [1.54, 1.807) is 0 Å². The summed E-state index contributed by atoms with van der Waals surface area (Å²) in [6, 6.07) is -0.291. The van der Waals surface area contributed by atoms with Crippen LogP contribution < -0.4 is 4.72 Å². The van der Waals surface area contributed by atoms with Crippen molar-refractivity contribution in [1.82, 2.24) is 4.72 Å². The van der Waals surface area contributed by atoms with Gasteiger partial charge >= 0.3 is 0 Å². The highest BCUT2D eigenvalue weighted by molar-refractivity contribution is 7.89. The lowest BCUT2D eigenvalue weighted by molar-refractivity contribution is 0.101. The zero-order valence-corrected chi connectivity index (χ0v) is 11.2. The third-order valence-electron chi connectivity index (χ3n) is 2.68. The Balaban J connectivity index is 2.58. The van der Waals surface area contributed by atoms with Crippen molar-refractivity contribution in [3.63, 3.8) is 0 Å². The second-order valence-corrected chi connectivity index (χ2v) is 7.65. The van der Waals surface area contributed by atoms with Crippen molar-refractivity contribution in [3.8, 4) is 0 Å². The maximum absolute atomic E-state index is 11.8. The maximum Gasteiger partial charge on any atom is 0.212 e. The minimum atomic E-state index is -3.28. The fourth-order valence-corrected chi connectivity index (χ4v) is 4.05. The fraction of sp³-hybridized carbons (Fsp3) is 1.00. The minimum Gasteiger partial charge on any atom is -0.391 e. The molecule has 1 saturated carbocycles. The Kier molecular flexibility index (Phi) is 4.37. The van der Waals surface area contributed by atoms with Gasteiger partial charge in [-0.2, -0.15) is 0 Å².